The van der Waals surface area contributed by atoms with Gasteiger partial charge in [0.15, 0.2) is 6.04 Å². The number of aliphatic hydroxyl groups excluding tert-OH is 1. The van der Waals surface area contributed by atoms with Gasteiger partial charge in [-0.25, -0.2) is 9.59 Å². The highest BCUT2D eigenvalue weighted by molar-refractivity contribution is 5.81. The minimum Gasteiger partial charge on any atom is -0.496 e. The first-order chi connectivity index (χ1) is 10.2. The molecule has 3 N–H and O–H groups in total. The number of carbonyl (C=O) groups excluding carboxylic acids is 1. The van der Waals surface area contributed by atoms with Gasteiger partial charge in [-0.05, 0) is 26.8 Å². The second-order valence-corrected chi connectivity index (χ2v) is 5.65. The van der Waals surface area contributed by atoms with Crippen LogP contribution in [-0.2, 0) is 9.53 Å². The number of ether oxygens (including phenoxy) is 2. The van der Waals surface area contributed by atoms with Crippen molar-refractivity contribution in [3.8, 4) is 5.75 Å². The Morgan fingerprint density at radius 2 is 1.82 bits per heavy atom. The molecule has 7 heteroatoms. The number of carbonyl (C=O) groups is 2. The number of alkyl carbamates (subject to hydrolysis) is 1. The van der Waals surface area contributed by atoms with Crippen molar-refractivity contribution in [3.63, 3.8) is 0 Å². The zero-order valence-corrected chi connectivity index (χ0v) is 13.0. The van der Waals surface area contributed by atoms with Gasteiger partial charge >= 0.3 is 12.1 Å². The SMILES string of the molecule is COc1ccccc1[C@H](O)[C@@H](NC(=O)OC(C)(C)C)C(=O)O. The molecule has 0 fully saturated rings. The molecule has 1 aromatic carbocycles. The van der Waals surface area contributed by atoms with Crippen LogP contribution in [0.5, 0.6) is 5.75 Å². The van der Waals surface area contributed by atoms with E-state index in [9.17, 15) is 19.8 Å². The molecule has 1 amide bonds. The van der Waals surface area contributed by atoms with Gasteiger partial charge in [0.1, 0.15) is 17.5 Å². The number of nitrogens with one attached hydrogen (secondary N) is 1. The zero-order chi connectivity index (χ0) is 16.9. The first-order valence-corrected chi connectivity index (χ1v) is 6.69. The maximum Gasteiger partial charge on any atom is 0.408 e. The Morgan fingerprint density at radius 1 is 1.23 bits per heavy atom. The molecule has 0 radical (unpaired) electrons. The van der Waals surface area contributed by atoms with Crippen LogP contribution in [0.3, 0.4) is 0 Å². The summed E-state index contributed by atoms with van der Waals surface area (Å²) in [5, 5.41) is 21.7. The summed E-state index contributed by atoms with van der Waals surface area (Å²) >= 11 is 0. The van der Waals surface area contributed by atoms with E-state index in [2.05, 4.69) is 5.32 Å². The number of carboxylic acid groups (broad SMARTS) is 1. The molecule has 0 saturated carbocycles. The monoisotopic (exact) mass is 311 g/mol. The maximum atomic E-state index is 11.7. The van der Waals surface area contributed by atoms with E-state index in [0.29, 0.717) is 5.75 Å². The number of benzene rings is 1. The van der Waals surface area contributed by atoms with Crippen molar-refractivity contribution in [3.05, 3.63) is 29.8 Å². The Morgan fingerprint density at radius 3 is 2.32 bits per heavy atom. The molecule has 0 aliphatic carbocycles. The van der Waals surface area contributed by atoms with Gasteiger partial charge in [0.2, 0.25) is 0 Å². The predicted octanol–water partition coefficient (Wildman–Crippen LogP) is 1.71. The van der Waals surface area contributed by atoms with Gasteiger partial charge in [0, 0.05) is 5.56 Å². The van der Waals surface area contributed by atoms with Gasteiger partial charge in [-0.15, -0.1) is 0 Å². The van der Waals surface area contributed by atoms with Crippen molar-refractivity contribution < 1.29 is 29.3 Å². The molecule has 2 atom stereocenters. The van der Waals surface area contributed by atoms with Crippen LogP contribution in [0.4, 0.5) is 4.79 Å². The minimum atomic E-state index is -1.56. The average Bonchev–Trinajstić information content (AvgIpc) is 2.41. The van der Waals surface area contributed by atoms with Crippen molar-refractivity contribution in [2.45, 2.75) is 38.5 Å². The first kappa shape index (κ1) is 17.8. The van der Waals surface area contributed by atoms with E-state index < -0.39 is 29.8 Å². The van der Waals surface area contributed by atoms with Gasteiger partial charge in [-0.2, -0.15) is 0 Å². The summed E-state index contributed by atoms with van der Waals surface area (Å²) in [7, 11) is 1.41. The number of methoxy groups -OCH3 is 1. The van der Waals surface area contributed by atoms with Crippen LogP contribution in [0, 0.1) is 0 Å². The fraction of sp³-hybridized carbons (Fsp3) is 0.467. The molecule has 22 heavy (non-hydrogen) atoms. The summed E-state index contributed by atoms with van der Waals surface area (Å²) in [6, 6.07) is 4.87. The van der Waals surface area contributed by atoms with Crippen LogP contribution in [0.25, 0.3) is 0 Å². The first-order valence-electron chi connectivity index (χ1n) is 6.69. The topological polar surface area (TPSA) is 105 Å². The standard InChI is InChI=1S/C15H21NO6/c1-15(2,3)22-14(20)16-11(13(18)19)12(17)9-7-5-6-8-10(9)21-4/h5-8,11-12,17H,1-4H3,(H,16,20)(H,18,19)/t11-,12+/m1/s1. The zero-order valence-electron chi connectivity index (χ0n) is 13.0. The lowest BCUT2D eigenvalue weighted by Gasteiger charge is -2.25. The third-order valence-corrected chi connectivity index (χ3v) is 2.71. The lowest BCUT2D eigenvalue weighted by Crippen LogP contribution is -2.46. The van der Waals surface area contributed by atoms with Gasteiger partial charge < -0.3 is 25.0 Å². The predicted molar refractivity (Wildman–Crippen MR) is 78.7 cm³/mol. The second-order valence-electron chi connectivity index (χ2n) is 5.65. The number of aliphatic carboxylic acids is 1. The van der Waals surface area contributed by atoms with E-state index in [1.54, 1.807) is 39.0 Å². The van der Waals surface area contributed by atoms with E-state index >= 15 is 0 Å². The summed E-state index contributed by atoms with van der Waals surface area (Å²) in [5.74, 6) is -1.06. The van der Waals surface area contributed by atoms with E-state index in [0.717, 1.165) is 0 Å². The Kier molecular flexibility index (Phi) is 5.76. The Balaban J connectivity index is 2.96. The van der Waals surface area contributed by atoms with Gasteiger partial charge in [0.25, 0.3) is 0 Å². The largest absolute Gasteiger partial charge is 0.496 e. The van der Waals surface area contributed by atoms with E-state index in [1.165, 1.54) is 13.2 Å². The molecule has 0 saturated heterocycles. The van der Waals surface area contributed by atoms with Gasteiger partial charge in [-0.3, -0.25) is 0 Å². The highest BCUT2D eigenvalue weighted by atomic mass is 16.6. The van der Waals surface area contributed by atoms with E-state index in [1.807, 2.05) is 0 Å². The van der Waals surface area contributed by atoms with Crippen LogP contribution in [0.1, 0.15) is 32.4 Å². The van der Waals surface area contributed by atoms with Crippen LogP contribution < -0.4 is 10.1 Å². The number of hydrogen-bond acceptors (Lipinski definition) is 5. The van der Waals surface area contributed by atoms with Crippen molar-refractivity contribution in [1.82, 2.24) is 5.32 Å². The quantitative estimate of drug-likeness (QED) is 0.764. The van der Waals surface area contributed by atoms with Crippen LogP contribution in [-0.4, -0.2) is 41.0 Å². The van der Waals surface area contributed by atoms with Crippen LogP contribution >= 0.6 is 0 Å². The van der Waals surface area contributed by atoms with Gasteiger partial charge in [-0.1, -0.05) is 18.2 Å². The van der Waals surface area contributed by atoms with Crippen molar-refractivity contribution in [2.75, 3.05) is 7.11 Å². The summed E-state index contributed by atoms with van der Waals surface area (Å²) < 4.78 is 10.1. The maximum absolute atomic E-state index is 11.7. The Labute approximate surface area is 128 Å². The highest BCUT2D eigenvalue weighted by Crippen LogP contribution is 2.27. The summed E-state index contributed by atoms with van der Waals surface area (Å²) in [6.07, 6.45) is -2.41. The lowest BCUT2D eigenvalue weighted by molar-refractivity contribution is -0.142. The fourth-order valence-electron chi connectivity index (χ4n) is 1.80. The molecule has 7 nitrogen and oxygen atoms in total. The Bertz CT molecular complexity index is 537. The molecule has 1 rings (SSSR count). The highest BCUT2D eigenvalue weighted by Gasteiger charge is 2.32. The average molecular weight is 311 g/mol. The molecular formula is C15H21NO6. The van der Waals surface area contributed by atoms with E-state index in [-0.39, 0.29) is 5.56 Å². The van der Waals surface area contributed by atoms with Gasteiger partial charge in [0.05, 0.1) is 7.11 Å². The van der Waals surface area contributed by atoms with Crippen LogP contribution in [0.15, 0.2) is 24.3 Å². The fourth-order valence-corrected chi connectivity index (χ4v) is 1.80. The molecule has 1 aromatic rings. The summed E-state index contributed by atoms with van der Waals surface area (Å²) in [4.78, 5) is 23.1. The molecular weight excluding hydrogens is 290 g/mol. The number of para-hydroxylation sites is 1. The van der Waals surface area contributed by atoms with E-state index in [4.69, 9.17) is 9.47 Å². The van der Waals surface area contributed by atoms with Crippen molar-refractivity contribution in [2.24, 2.45) is 0 Å². The molecule has 0 bridgehead atoms. The molecule has 122 valence electrons. The second kappa shape index (κ2) is 7.13. The van der Waals surface area contributed by atoms with Crippen molar-refractivity contribution in [1.29, 1.82) is 0 Å². The minimum absolute atomic E-state index is 0.258. The number of carboxylic acids is 1. The third kappa shape index (κ3) is 4.92. The molecule has 0 heterocycles. The van der Waals surface area contributed by atoms with Crippen LogP contribution in [0.2, 0.25) is 0 Å². The molecule has 0 spiro atoms. The number of amides is 1. The molecule has 0 aliphatic heterocycles. The molecule has 0 aliphatic rings. The summed E-state index contributed by atoms with van der Waals surface area (Å²) in [6.45, 7) is 4.96. The normalized spacial score (nSPS) is 13.9. The summed E-state index contributed by atoms with van der Waals surface area (Å²) in [5.41, 5.74) is -0.517. The third-order valence-electron chi connectivity index (χ3n) is 2.71. The Hall–Kier alpha value is -2.28. The lowest BCUT2D eigenvalue weighted by atomic mass is 10.0. The molecule has 0 unspecified atom stereocenters. The van der Waals surface area contributed by atoms with Crippen molar-refractivity contribution >= 4 is 12.1 Å². The number of rotatable bonds is 5. The molecule has 0 aromatic heterocycles. The number of aliphatic hydroxyl groups is 1. The smallest absolute Gasteiger partial charge is 0.408 e. The number of hydrogen-bond donors (Lipinski definition) is 3.